The minimum absolute atomic E-state index is 0.347. The first-order valence-corrected chi connectivity index (χ1v) is 7.00. The lowest BCUT2D eigenvalue weighted by Crippen LogP contribution is -2.19. The summed E-state index contributed by atoms with van der Waals surface area (Å²) in [6.45, 7) is 0.752. The van der Waals surface area contributed by atoms with Gasteiger partial charge in [-0.3, -0.25) is 4.98 Å². The van der Waals surface area contributed by atoms with Crippen molar-refractivity contribution < 1.29 is 13.9 Å². The smallest absolute Gasteiger partial charge is 0.348 e. The summed E-state index contributed by atoms with van der Waals surface area (Å²) in [5.41, 5.74) is 2.53. The number of carbonyl (C=O) groups is 1. The van der Waals surface area contributed by atoms with Gasteiger partial charge in [0.05, 0.1) is 23.9 Å². The number of hydrogen-bond acceptors (Lipinski definition) is 5. The van der Waals surface area contributed by atoms with Crippen LogP contribution in [0.5, 0.6) is 0 Å². The average Bonchev–Trinajstić information content (AvgIpc) is 2.83. The maximum Gasteiger partial charge on any atom is 0.348 e. The van der Waals surface area contributed by atoms with E-state index in [9.17, 15) is 9.18 Å². The molecule has 6 heteroatoms. The van der Waals surface area contributed by atoms with Crippen molar-refractivity contribution in [2.75, 3.05) is 25.6 Å². The highest BCUT2D eigenvalue weighted by Crippen LogP contribution is 2.39. The quantitative estimate of drug-likeness (QED) is 0.758. The second kappa shape index (κ2) is 4.86. The Morgan fingerprint density at radius 3 is 3.05 bits per heavy atom. The Balaban J connectivity index is 2.17. The fraction of sp³-hybridized carbons (Fsp3) is 0.286. The Hall–Kier alpha value is -1.95. The largest absolute Gasteiger partial charge is 0.465 e. The molecule has 3 rings (SSSR count). The zero-order valence-corrected chi connectivity index (χ0v) is 12.0. The van der Waals surface area contributed by atoms with E-state index < -0.39 is 0 Å². The molecule has 0 unspecified atom stereocenters. The van der Waals surface area contributed by atoms with E-state index in [0.717, 1.165) is 34.8 Å². The number of aromatic nitrogens is 1. The number of methoxy groups -OCH3 is 1. The lowest BCUT2D eigenvalue weighted by atomic mass is 10.1. The van der Waals surface area contributed by atoms with Crippen LogP contribution < -0.4 is 4.90 Å². The number of pyridine rings is 1. The van der Waals surface area contributed by atoms with Gasteiger partial charge in [0.1, 0.15) is 16.4 Å². The fourth-order valence-corrected chi connectivity index (χ4v) is 3.45. The molecule has 0 spiro atoms. The SMILES string of the molecule is COC(=O)c1cc2c(s1)-c1ncc(F)cc1N(C)CC2. The van der Waals surface area contributed by atoms with E-state index in [0.29, 0.717) is 4.88 Å². The van der Waals surface area contributed by atoms with E-state index in [-0.39, 0.29) is 11.8 Å². The summed E-state index contributed by atoms with van der Waals surface area (Å²) in [7, 11) is 3.28. The molecule has 0 atom stereocenters. The van der Waals surface area contributed by atoms with Crippen molar-refractivity contribution in [2.24, 2.45) is 0 Å². The number of likely N-dealkylation sites (N-methyl/N-ethyl adjacent to an activating group) is 1. The van der Waals surface area contributed by atoms with Gasteiger partial charge in [-0.2, -0.15) is 0 Å². The number of nitrogens with zero attached hydrogens (tertiary/aromatic N) is 2. The molecule has 3 heterocycles. The van der Waals surface area contributed by atoms with Gasteiger partial charge in [-0.1, -0.05) is 0 Å². The number of hydrogen-bond donors (Lipinski definition) is 0. The third-order valence-electron chi connectivity index (χ3n) is 3.37. The summed E-state index contributed by atoms with van der Waals surface area (Å²) in [5, 5.41) is 0. The molecular formula is C14H13FN2O2S. The van der Waals surface area contributed by atoms with Crippen molar-refractivity contribution in [1.82, 2.24) is 4.98 Å². The Morgan fingerprint density at radius 2 is 2.30 bits per heavy atom. The summed E-state index contributed by atoms with van der Waals surface area (Å²) >= 11 is 1.35. The Labute approximate surface area is 119 Å². The van der Waals surface area contributed by atoms with E-state index in [1.165, 1.54) is 30.7 Å². The number of halogens is 1. The highest BCUT2D eigenvalue weighted by Gasteiger charge is 2.24. The summed E-state index contributed by atoms with van der Waals surface area (Å²) in [6.07, 6.45) is 2.00. The number of ether oxygens (including phenoxy) is 1. The molecule has 4 nitrogen and oxygen atoms in total. The van der Waals surface area contributed by atoms with Crippen molar-refractivity contribution in [2.45, 2.75) is 6.42 Å². The standard InChI is InChI=1S/C14H13FN2O2S/c1-17-4-3-8-5-11(14(18)19-2)20-13(8)12-10(17)6-9(15)7-16-12/h5-7H,3-4H2,1-2H3. The summed E-state index contributed by atoms with van der Waals surface area (Å²) < 4.78 is 18.2. The topological polar surface area (TPSA) is 42.4 Å². The normalized spacial score (nSPS) is 13.4. The second-order valence-electron chi connectivity index (χ2n) is 4.65. The third kappa shape index (κ3) is 2.06. The van der Waals surface area contributed by atoms with Crippen LogP contribution >= 0.6 is 11.3 Å². The Bertz CT molecular complexity index is 684. The van der Waals surface area contributed by atoms with Crippen LogP contribution in [0.2, 0.25) is 0 Å². The number of thiophene rings is 1. The van der Waals surface area contributed by atoms with Gasteiger partial charge in [-0.05, 0) is 18.1 Å². The van der Waals surface area contributed by atoms with Gasteiger partial charge >= 0.3 is 5.97 Å². The van der Waals surface area contributed by atoms with Gasteiger partial charge in [0, 0.05) is 19.7 Å². The van der Waals surface area contributed by atoms with Gasteiger partial charge in [0.2, 0.25) is 0 Å². The molecule has 0 aromatic carbocycles. The molecule has 104 valence electrons. The number of fused-ring (bicyclic) bond motifs is 3. The minimum atomic E-state index is -0.358. The van der Waals surface area contributed by atoms with Gasteiger partial charge < -0.3 is 9.64 Å². The van der Waals surface area contributed by atoms with Gasteiger partial charge in [-0.25, -0.2) is 9.18 Å². The van der Waals surface area contributed by atoms with Crippen molar-refractivity contribution >= 4 is 23.0 Å². The van der Waals surface area contributed by atoms with E-state index in [1.807, 2.05) is 18.0 Å². The summed E-state index contributed by atoms with van der Waals surface area (Å²) in [5.74, 6) is -0.705. The first-order valence-electron chi connectivity index (χ1n) is 6.18. The zero-order chi connectivity index (χ0) is 14.3. The van der Waals surface area contributed by atoms with Crippen LogP contribution in [0.1, 0.15) is 15.2 Å². The van der Waals surface area contributed by atoms with Gasteiger partial charge in [-0.15, -0.1) is 11.3 Å². The Morgan fingerprint density at radius 1 is 1.50 bits per heavy atom. The molecule has 0 bridgehead atoms. The highest BCUT2D eigenvalue weighted by atomic mass is 32.1. The Kier molecular flexibility index (Phi) is 3.17. The van der Waals surface area contributed by atoms with Gasteiger partial charge in [0.25, 0.3) is 0 Å². The first kappa shape index (κ1) is 13.1. The van der Waals surface area contributed by atoms with Crippen LogP contribution in [0.4, 0.5) is 10.1 Å². The number of carbonyl (C=O) groups excluding carboxylic acids is 1. The van der Waals surface area contributed by atoms with E-state index in [2.05, 4.69) is 4.98 Å². The number of anilines is 1. The second-order valence-corrected chi connectivity index (χ2v) is 5.70. The van der Waals surface area contributed by atoms with Crippen LogP contribution in [0.25, 0.3) is 10.6 Å². The van der Waals surface area contributed by atoms with E-state index in [4.69, 9.17) is 4.74 Å². The molecule has 0 N–H and O–H groups in total. The maximum atomic E-state index is 13.4. The van der Waals surface area contributed by atoms with Crippen molar-refractivity contribution in [3.63, 3.8) is 0 Å². The fourth-order valence-electron chi connectivity index (χ4n) is 2.32. The lowest BCUT2D eigenvalue weighted by molar-refractivity contribution is 0.0606. The molecule has 2 aromatic rings. The molecule has 0 radical (unpaired) electrons. The van der Waals surface area contributed by atoms with Crippen LogP contribution in [0.3, 0.4) is 0 Å². The van der Waals surface area contributed by atoms with Crippen LogP contribution in [-0.4, -0.2) is 31.7 Å². The summed E-state index contributed by atoms with van der Waals surface area (Å²) in [6, 6.07) is 3.33. The molecule has 0 fully saturated rings. The van der Waals surface area contributed by atoms with Crippen LogP contribution in [-0.2, 0) is 11.2 Å². The van der Waals surface area contributed by atoms with Crippen LogP contribution in [0, 0.1) is 5.82 Å². The van der Waals surface area contributed by atoms with Crippen LogP contribution in [0.15, 0.2) is 18.3 Å². The molecule has 1 aliphatic rings. The predicted molar refractivity (Wildman–Crippen MR) is 75.8 cm³/mol. The molecule has 0 aliphatic carbocycles. The highest BCUT2D eigenvalue weighted by molar-refractivity contribution is 7.17. The monoisotopic (exact) mass is 292 g/mol. The van der Waals surface area contributed by atoms with Crippen molar-refractivity contribution in [1.29, 1.82) is 0 Å². The first-order chi connectivity index (χ1) is 9.60. The lowest BCUT2D eigenvalue weighted by Gasteiger charge is -2.18. The number of rotatable bonds is 1. The van der Waals surface area contributed by atoms with Crippen molar-refractivity contribution in [3.8, 4) is 10.6 Å². The molecule has 0 saturated carbocycles. The predicted octanol–water partition coefficient (Wildman–Crippen LogP) is 2.73. The molecule has 0 saturated heterocycles. The molecular weight excluding hydrogens is 279 g/mol. The zero-order valence-electron chi connectivity index (χ0n) is 11.1. The average molecular weight is 292 g/mol. The third-order valence-corrected chi connectivity index (χ3v) is 4.54. The molecule has 1 aliphatic heterocycles. The maximum absolute atomic E-state index is 13.4. The van der Waals surface area contributed by atoms with Crippen molar-refractivity contribution in [3.05, 3.63) is 34.6 Å². The molecule has 2 aromatic heterocycles. The number of esters is 1. The summed E-state index contributed by atoms with van der Waals surface area (Å²) in [4.78, 5) is 19.3. The van der Waals surface area contributed by atoms with Gasteiger partial charge in [0.15, 0.2) is 0 Å². The minimum Gasteiger partial charge on any atom is -0.465 e. The molecule has 0 amide bonds. The molecule has 20 heavy (non-hydrogen) atoms. The van der Waals surface area contributed by atoms with E-state index >= 15 is 0 Å². The van der Waals surface area contributed by atoms with E-state index in [1.54, 1.807) is 0 Å².